The van der Waals surface area contributed by atoms with Gasteiger partial charge >= 0.3 is 0 Å². The first-order valence-corrected chi connectivity index (χ1v) is 10.0. The third-order valence-corrected chi connectivity index (χ3v) is 4.54. The minimum absolute atomic E-state index is 0. The van der Waals surface area contributed by atoms with E-state index in [1.807, 2.05) is 68.3 Å². The van der Waals surface area contributed by atoms with Gasteiger partial charge in [-0.1, -0.05) is 17.7 Å². The molecule has 0 spiro atoms. The summed E-state index contributed by atoms with van der Waals surface area (Å²) in [6.45, 7) is 6.30. The molecule has 0 fully saturated rings. The standard InChI is InChI=1S/C23H32N4O3.HI/c1-6-24-23(26-13-12-25-22(28)18-9-7-8-17(2)14-18)27(3)16-19-10-11-20(29-4)15-21(19)30-5;/h7-11,14-15H,6,12-13,16H2,1-5H3,(H,24,26)(H,25,28);1H. The number of amides is 1. The van der Waals surface area contributed by atoms with Crippen LogP contribution < -0.4 is 20.1 Å². The topological polar surface area (TPSA) is 75.2 Å². The maximum absolute atomic E-state index is 12.3. The van der Waals surface area contributed by atoms with Crippen molar-refractivity contribution in [1.29, 1.82) is 0 Å². The van der Waals surface area contributed by atoms with E-state index in [1.165, 1.54) is 0 Å². The molecule has 0 aliphatic heterocycles. The zero-order chi connectivity index (χ0) is 21.9. The third-order valence-electron chi connectivity index (χ3n) is 4.54. The quantitative estimate of drug-likeness (QED) is 0.221. The Hall–Kier alpha value is -2.49. The number of carbonyl (C=O) groups excluding carboxylic acids is 1. The van der Waals surface area contributed by atoms with E-state index in [0.717, 1.165) is 35.1 Å². The molecule has 2 N–H and O–H groups in total. The van der Waals surface area contributed by atoms with E-state index < -0.39 is 0 Å². The van der Waals surface area contributed by atoms with Crippen LogP contribution in [0.25, 0.3) is 0 Å². The molecule has 0 atom stereocenters. The van der Waals surface area contributed by atoms with Crippen molar-refractivity contribution in [3.63, 3.8) is 0 Å². The average molecular weight is 540 g/mol. The number of ether oxygens (including phenoxy) is 2. The summed E-state index contributed by atoms with van der Waals surface area (Å²) in [6.07, 6.45) is 0. The summed E-state index contributed by atoms with van der Waals surface area (Å²) in [5, 5.41) is 6.20. The first-order chi connectivity index (χ1) is 14.5. The molecule has 1 amide bonds. The lowest BCUT2D eigenvalue weighted by Gasteiger charge is -2.23. The number of aryl methyl sites for hydroxylation is 1. The smallest absolute Gasteiger partial charge is 0.251 e. The van der Waals surface area contributed by atoms with E-state index in [9.17, 15) is 4.79 Å². The average Bonchev–Trinajstić information content (AvgIpc) is 2.75. The van der Waals surface area contributed by atoms with Crippen LogP contribution in [0.3, 0.4) is 0 Å². The number of nitrogens with zero attached hydrogens (tertiary/aromatic N) is 2. The highest BCUT2D eigenvalue weighted by Gasteiger charge is 2.11. The maximum Gasteiger partial charge on any atom is 0.251 e. The Morgan fingerprint density at radius 2 is 1.87 bits per heavy atom. The van der Waals surface area contributed by atoms with E-state index in [0.29, 0.717) is 25.2 Å². The second-order valence-corrected chi connectivity index (χ2v) is 6.89. The predicted molar refractivity (Wildman–Crippen MR) is 136 cm³/mol. The molecule has 0 radical (unpaired) electrons. The Morgan fingerprint density at radius 3 is 2.52 bits per heavy atom. The summed E-state index contributed by atoms with van der Waals surface area (Å²) < 4.78 is 10.8. The number of hydrogen-bond acceptors (Lipinski definition) is 4. The molecule has 2 aromatic carbocycles. The van der Waals surface area contributed by atoms with Gasteiger partial charge in [0.05, 0.1) is 20.8 Å². The first-order valence-electron chi connectivity index (χ1n) is 10.0. The Balaban J connectivity index is 0.00000480. The molecule has 7 nitrogen and oxygen atoms in total. The van der Waals surface area contributed by atoms with Crippen molar-refractivity contribution in [3.05, 3.63) is 59.2 Å². The zero-order valence-electron chi connectivity index (χ0n) is 18.9. The van der Waals surface area contributed by atoms with Crippen LogP contribution in [-0.2, 0) is 6.54 Å². The molecule has 31 heavy (non-hydrogen) atoms. The van der Waals surface area contributed by atoms with Crippen molar-refractivity contribution in [2.75, 3.05) is 40.9 Å². The van der Waals surface area contributed by atoms with E-state index in [-0.39, 0.29) is 29.9 Å². The van der Waals surface area contributed by atoms with Crippen LogP contribution in [0.2, 0.25) is 0 Å². The Morgan fingerprint density at radius 1 is 1.10 bits per heavy atom. The molecule has 8 heteroatoms. The van der Waals surface area contributed by atoms with Crippen LogP contribution >= 0.6 is 24.0 Å². The van der Waals surface area contributed by atoms with Crippen LogP contribution in [0.4, 0.5) is 0 Å². The van der Waals surface area contributed by atoms with Crippen molar-refractivity contribution in [3.8, 4) is 11.5 Å². The molecule has 0 aliphatic rings. The molecule has 0 unspecified atom stereocenters. The Labute approximate surface area is 202 Å². The van der Waals surface area contributed by atoms with Gasteiger partial charge < -0.3 is 25.0 Å². The number of nitrogens with one attached hydrogen (secondary N) is 2. The third kappa shape index (κ3) is 8.28. The van der Waals surface area contributed by atoms with Gasteiger partial charge in [0, 0.05) is 43.9 Å². The molecule has 0 bridgehead atoms. The molecule has 170 valence electrons. The van der Waals surface area contributed by atoms with Crippen LogP contribution in [0, 0.1) is 6.92 Å². The monoisotopic (exact) mass is 540 g/mol. The van der Waals surface area contributed by atoms with Crippen molar-refractivity contribution in [1.82, 2.24) is 15.5 Å². The van der Waals surface area contributed by atoms with Crippen molar-refractivity contribution in [2.45, 2.75) is 20.4 Å². The molecule has 2 aromatic rings. The minimum Gasteiger partial charge on any atom is -0.497 e. The van der Waals surface area contributed by atoms with Crippen molar-refractivity contribution in [2.24, 2.45) is 4.99 Å². The predicted octanol–water partition coefficient (Wildman–Crippen LogP) is 3.46. The summed E-state index contributed by atoms with van der Waals surface area (Å²) in [7, 11) is 5.25. The number of methoxy groups -OCH3 is 2. The number of carbonyl (C=O) groups is 1. The Kier molecular flexibility index (Phi) is 11.8. The Bertz CT molecular complexity index is 874. The summed E-state index contributed by atoms with van der Waals surface area (Å²) >= 11 is 0. The fourth-order valence-electron chi connectivity index (χ4n) is 3.00. The number of hydrogen-bond donors (Lipinski definition) is 2. The minimum atomic E-state index is -0.0878. The van der Waals surface area contributed by atoms with Gasteiger partial charge in [-0.15, -0.1) is 24.0 Å². The van der Waals surface area contributed by atoms with Gasteiger partial charge in [0.15, 0.2) is 5.96 Å². The molecule has 0 saturated carbocycles. The van der Waals surface area contributed by atoms with Crippen molar-refractivity contribution >= 4 is 35.8 Å². The van der Waals surface area contributed by atoms with Gasteiger partial charge in [0.25, 0.3) is 5.91 Å². The summed E-state index contributed by atoms with van der Waals surface area (Å²) in [5.41, 5.74) is 2.75. The molecule has 0 aliphatic carbocycles. The normalized spacial score (nSPS) is 10.7. The van der Waals surface area contributed by atoms with E-state index in [4.69, 9.17) is 9.47 Å². The van der Waals surface area contributed by atoms with Gasteiger partial charge in [0.2, 0.25) is 0 Å². The number of guanidine groups is 1. The lowest BCUT2D eigenvalue weighted by Crippen LogP contribution is -2.39. The lowest BCUT2D eigenvalue weighted by molar-refractivity contribution is 0.0954. The summed E-state index contributed by atoms with van der Waals surface area (Å²) in [6, 6.07) is 13.3. The number of aliphatic imine (C=N–C) groups is 1. The highest BCUT2D eigenvalue weighted by atomic mass is 127. The fraction of sp³-hybridized carbons (Fsp3) is 0.391. The van der Waals surface area contributed by atoms with Gasteiger partial charge in [-0.2, -0.15) is 0 Å². The molecule has 0 heterocycles. The molecular weight excluding hydrogens is 507 g/mol. The lowest BCUT2D eigenvalue weighted by atomic mass is 10.1. The number of halogens is 1. The summed E-state index contributed by atoms with van der Waals surface area (Å²) in [5.74, 6) is 2.20. The fourth-order valence-corrected chi connectivity index (χ4v) is 3.00. The first kappa shape index (κ1) is 26.5. The highest BCUT2D eigenvalue weighted by molar-refractivity contribution is 14.0. The van der Waals surface area contributed by atoms with Crippen LogP contribution in [0.5, 0.6) is 11.5 Å². The highest BCUT2D eigenvalue weighted by Crippen LogP contribution is 2.25. The van der Waals surface area contributed by atoms with Crippen LogP contribution in [0.1, 0.15) is 28.4 Å². The second kappa shape index (κ2) is 13.7. The van der Waals surface area contributed by atoms with Crippen molar-refractivity contribution < 1.29 is 14.3 Å². The molecular formula is C23H33IN4O3. The van der Waals surface area contributed by atoms with Crippen LogP contribution in [0.15, 0.2) is 47.5 Å². The van der Waals surface area contributed by atoms with E-state index >= 15 is 0 Å². The largest absolute Gasteiger partial charge is 0.497 e. The van der Waals surface area contributed by atoms with E-state index in [2.05, 4.69) is 15.6 Å². The molecule has 0 aromatic heterocycles. The summed E-state index contributed by atoms with van der Waals surface area (Å²) in [4.78, 5) is 18.9. The van der Waals surface area contributed by atoms with Gasteiger partial charge in [-0.05, 0) is 38.1 Å². The van der Waals surface area contributed by atoms with Gasteiger partial charge in [0.1, 0.15) is 11.5 Å². The molecule has 0 saturated heterocycles. The van der Waals surface area contributed by atoms with E-state index in [1.54, 1.807) is 14.2 Å². The van der Waals surface area contributed by atoms with Crippen LogP contribution in [-0.4, -0.2) is 57.7 Å². The molecule has 2 rings (SSSR count). The maximum atomic E-state index is 12.3. The number of rotatable bonds is 9. The number of benzene rings is 2. The van der Waals surface area contributed by atoms with Gasteiger partial charge in [-0.3, -0.25) is 9.79 Å². The second-order valence-electron chi connectivity index (χ2n) is 6.89. The van der Waals surface area contributed by atoms with Gasteiger partial charge in [-0.25, -0.2) is 0 Å². The SMILES string of the molecule is CCNC(=NCCNC(=O)c1cccc(C)c1)N(C)Cc1ccc(OC)cc1OC.I. The zero-order valence-corrected chi connectivity index (χ0v) is 21.2.